The van der Waals surface area contributed by atoms with Gasteiger partial charge in [0.05, 0.1) is 12.5 Å². The minimum atomic E-state index is -0.948. The minimum Gasteiger partial charge on any atom is -0.481 e. The first-order valence-electron chi connectivity index (χ1n) is 11.6. The number of rotatable bonds is 9. The van der Waals surface area contributed by atoms with Crippen molar-refractivity contribution < 1.29 is 19.0 Å². The Hall–Kier alpha value is -4.51. The third-order valence-corrected chi connectivity index (χ3v) is 6.34. The summed E-state index contributed by atoms with van der Waals surface area (Å²) in [5.74, 6) is -2.00. The van der Waals surface area contributed by atoms with E-state index in [0.717, 1.165) is 10.1 Å². The molecule has 0 bridgehead atoms. The van der Waals surface area contributed by atoms with Crippen LogP contribution in [-0.4, -0.2) is 30.2 Å². The van der Waals surface area contributed by atoms with E-state index in [1.807, 2.05) is 0 Å². The highest BCUT2D eigenvalue weighted by Gasteiger charge is 2.43. The summed E-state index contributed by atoms with van der Waals surface area (Å²) in [6.45, 7) is 0.0633. The van der Waals surface area contributed by atoms with Crippen molar-refractivity contribution in [3.63, 3.8) is 0 Å². The highest BCUT2D eigenvalue weighted by Crippen LogP contribution is 2.39. The molecule has 1 aliphatic carbocycles. The van der Waals surface area contributed by atoms with E-state index >= 15 is 0 Å². The van der Waals surface area contributed by atoms with E-state index in [1.54, 1.807) is 48.5 Å². The summed E-state index contributed by atoms with van der Waals surface area (Å²) in [6.07, 6.45) is 0.401. The highest BCUT2D eigenvalue weighted by molar-refractivity contribution is 6.30. The van der Waals surface area contributed by atoms with Crippen LogP contribution >= 0.6 is 11.6 Å². The molecule has 1 aliphatic rings. The van der Waals surface area contributed by atoms with E-state index in [-0.39, 0.29) is 30.8 Å². The summed E-state index contributed by atoms with van der Waals surface area (Å²) in [5, 5.41) is 12.7. The zero-order valence-electron chi connectivity index (χ0n) is 19.8. The van der Waals surface area contributed by atoms with Crippen LogP contribution in [0.4, 0.5) is 16.0 Å². The van der Waals surface area contributed by atoms with Gasteiger partial charge in [-0.15, -0.1) is 0 Å². The molecule has 1 saturated carbocycles. The van der Waals surface area contributed by atoms with Crippen LogP contribution in [0.2, 0.25) is 5.02 Å². The van der Waals surface area contributed by atoms with Crippen molar-refractivity contribution in [2.24, 2.45) is 11.8 Å². The molecule has 12 heteroatoms. The summed E-state index contributed by atoms with van der Waals surface area (Å²) in [5.41, 5.74) is -0.145. The van der Waals surface area contributed by atoms with Gasteiger partial charge >= 0.3 is 17.3 Å². The number of aliphatic carboxylic acids is 1. The Kier molecular flexibility index (Phi) is 6.93. The first-order valence-corrected chi connectivity index (χ1v) is 12.0. The van der Waals surface area contributed by atoms with Gasteiger partial charge in [0.25, 0.3) is 0 Å². The van der Waals surface area contributed by atoms with Crippen molar-refractivity contribution in [2.75, 3.05) is 5.32 Å². The number of halogens is 2. The highest BCUT2D eigenvalue weighted by atomic mass is 35.5. The maximum atomic E-state index is 13.4. The Balaban J connectivity index is 1.43. The van der Waals surface area contributed by atoms with Gasteiger partial charge in [-0.2, -0.15) is 14.4 Å². The van der Waals surface area contributed by atoms with Crippen molar-refractivity contribution in [3.8, 4) is 11.6 Å². The van der Waals surface area contributed by atoms with Gasteiger partial charge in [0.15, 0.2) is 0 Å². The number of aromatic nitrogens is 4. The van der Waals surface area contributed by atoms with E-state index < -0.39 is 29.2 Å². The number of nitrogens with zero attached hydrogens (tertiary/aromatic N) is 4. The molecule has 2 heterocycles. The smallest absolute Gasteiger partial charge is 0.354 e. The molecule has 10 nitrogen and oxygen atoms in total. The number of carbonyl (C=O) groups is 1. The van der Waals surface area contributed by atoms with Crippen LogP contribution in [0, 0.1) is 17.8 Å². The van der Waals surface area contributed by atoms with E-state index in [1.165, 1.54) is 22.8 Å². The van der Waals surface area contributed by atoms with E-state index in [4.69, 9.17) is 16.3 Å². The number of hydrogen-bond acceptors (Lipinski definition) is 7. The molecule has 0 unspecified atom stereocenters. The van der Waals surface area contributed by atoms with E-state index in [9.17, 15) is 23.9 Å². The minimum absolute atomic E-state index is 0.0113. The van der Waals surface area contributed by atoms with Gasteiger partial charge in [0.2, 0.25) is 17.8 Å². The van der Waals surface area contributed by atoms with Gasteiger partial charge in [-0.05, 0) is 60.4 Å². The fraction of sp³-hybridized carbons (Fsp3) is 0.192. The molecule has 2 N–H and O–H groups in total. The quantitative estimate of drug-likeness (QED) is 0.308. The van der Waals surface area contributed by atoms with Crippen molar-refractivity contribution in [1.29, 1.82) is 0 Å². The first-order chi connectivity index (χ1) is 18.3. The maximum absolute atomic E-state index is 13.4. The topological polar surface area (TPSA) is 128 Å². The maximum Gasteiger partial charge on any atom is 0.354 e. The van der Waals surface area contributed by atoms with Crippen LogP contribution in [0.25, 0.3) is 0 Å². The van der Waals surface area contributed by atoms with Crippen LogP contribution < -0.4 is 21.4 Å². The molecular formula is C26H21ClFN5O5. The lowest BCUT2D eigenvalue weighted by molar-refractivity contribution is -0.138. The van der Waals surface area contributed by atoms with E-state index in [2.05, 4.69) is 15.3 Å². The molecule has 38 heavy (non-hydrogen) atoms. The fourth-order valence-corrected chi connectivity index (χ4v) is 4.11. The Morgan fingerprint density at radius 1 is 1.05 bits per heavy atom. The molecule has 1 fully saturated rings. The second-order valence-electron chi connectivity index (χ2n) is 8.81. The molecule has 2 aromatic heterocycles. The normalized spacial score (nSPS) is 16.2. The predicted molar refractivity (Wildman–Crippen MR) is 137 cm³/mol. The van der Waals surface area contributed by atoms with E-state index in [0.29, 0.717) is 22.9 Å². The summed E-state index contributed by atoms with van der Waals surface area (Å²) >= 11 is 5.99. The number of carboxylic acid groups (broad SMARTS) is 1. The monoisotopic (exact) mass is 537 g/mol. The molecule has 0 spiro atoms. The second kappa shape index (κ2) is 10.5. The number of anilines is 2. The van der Waals surface area contributed by atoms with Gasteiger partial charge < -0.3 is 15.2 Å². The Labute approximate surface area is 219 Å². The summed E-state index contributed by atoms with van der Waals surface area (Å²) < 4.78 is 21.1. The van der Waals surface area contributed by atoms with Gasteiger partial charge in [-0.1, -0.05) is 29.8 Å². The van der Waals surface area contributed by atoms with Crippen molar-refractivity contribution in [3.05, 3.63) is 104 Å². The van der Waals surface area contributed by atoms with Gasteiger partial charge in [0.1, 0.15) is 5.75 Å². The average Bonchev–Trinajstić information content (AvgIpc) is 3.66. The summed E-state index contributed by atoms with van der Waals surface area (Å²) in [4.78, 5) is 45.2. The lowest BCUT2D eigenvalue weighted by Crippen LogP contribution is -2.43. The largest absolute Gasteiger partial charge is 0.481 e. The fourth-order valence-electron chi connectivity index (χ4n) is 3.98. The summed E-state index contributed by atoms with van der Waals surface area (Å²) in [7, 11) is 0. The van der Waals surface area contributed by atoms with Gasteiger partial charge in [-0.25, -0.2) is 14.2 Å². The SMILES string of the molecule is O=C(O)[C@H]1C[C@@H]1Cn1c(=O)nc(Nc2ccc(Oc3cccc(F)n3)cc2)n(Cc2ccc(Cl)cc2)c1=O. The number of benzene rings is 2. The molecule has 4 aromatic rings. The number of nitrogens with one attached hydrogen (secondary N) is 1. The zero-order chi connectivity index (χ0) is 26.8. The van der Waals surface area contributed by atoms with Gasteiger partial charge in [-0.3, -0.25) is 9.36 Å². The summed E-state index contributed by atoms with van der Waals surface area (Å²) in [6, 6.07) is 17.6. The zero-order valence-corrected chi connectivity index (χ0v) is 20.5. The molecule has 5 rings (SSSR count). The lowest BCUT2D eigenvalue weighted by atomic mass is 10.2. The third-order valence-electron chi connectivity index (χ3n) is 6.08. The lowest BCUT2D eigenvalue weighted by Gasteiger charge is -2.16. The Bertz CT molecular complexity index is 1600. The van der Waals surface area contributed by atoms with Crippen LogP contribution in [0.3, 0.4) is 0 Å². The molecule has 0 aliphatic heterocycles. The van der Waals surface area contributed by atoms with Crippen molar-refractivity contribution in [2.45, 2.75) is 19.5 Å². The van der Waals surface area contributed by atoms with Crippen LogP contribution in [0.15, 0.2) is 76.3 Å². The Morgan fingerprint density at radius 3 is 2.45 bits per heavy atom. The van der Waals surface area contributed by atoms with Crippen molar-refractivity contribution in [1.82, 2.24) is 19.1 Å². The molecule has 2 atom stereocenters. The standard InChI is InChI=1S/C26H21ClFN5O5/c27-17-6-4-15(5-7-17)13-32-24(31-25(36)33(26(32)37)14-16-12-20(16)23(34)35)29-18-8-10-19(11-9-18)38-22-3-1-2-21(28)30-22/h1-11,16,20H,12-14H2,(H,34,35)(H,29,31,36)/t16-,20+/m1/s1. The molecule has 0 radical (unpaired) electrons. The number of ether oxygens (including phenoxy) is 1. The second-order valence-corrected chi connectivity index (χ2v) is 9.25. The predicted octanol–water partition coefficient (Wildman–Crippen LogP) is 3.90. The number of pyridine rings is 1. The molecule has 2 aromatic carbocycles. The Morgan fingerprint density at radius 2 is 1.79 bits per heavy atom. The van der Waals surface area contributed by atoms with Gasteiger partial charge in [0, 0.05) is 23.3 Å². The number of carboxylic acids is 1. The molecular weight excluding hydrogens is 517 g/mol. The molecule has 0 amide bonds. The third kappa shape index (κ3) is 5.73. The van der Waals surface area contributed by atoms with Crippen LogP contribution in [0.1, 0.15) is 12.0 Å². The molecule has 0 saturated heterocycles. The van der Waals surface area contributed by atoms with Crippen molar-refractivity contribution >= 4 is 29.2 Å². The molecule has 194 valence electrons. The van der Waals surface area contributed by atoms with Crippen LogP contribution in [0.5, 0.6) is 11.6 Å². The number of hydrogen-bond donors (Lipinski definition) is 2. The average molecular weight is 538 g/mol. The van der Waals surface area contributed by atoms with Crippen LogP contribution in [-0.2, 0) is 17.9 Å². The first kappa shape index (κ1) is 25.2.